The van der Waals surface area contributed by atoms with E-state index in [-0.39, 0.29) is 27.0 Å². The van der Waals surface area contributed by atoms with Gasteiger partial charge in [0.1, 0.15) is 0 Å². The third-order valence-corrected chi connectivity index (χ3v) is 3.75. The molecule has 0 aliphatic rings. The van der Waals surface area contributed by atoms with Crippen LogP contribution in [0.1, 0.15) is 29.3 Å². The summed E-state index contributed by atoms with van der Waals surface area (Å²) in [5, 5.41) is 2.45. The number of halogens is 5. The number of benzene rings is 2. The van der Waals surface area contributed by atoms with Gasteiger partial charge in [0.25, 0.3) is 5.91 Å². The number of ether oxygens (including phenoxy) is 1. The van der Waals surface area contributed by atoms with E-state index in [2.05, 4.69) is 5.32 Å². The first-order chi connectivity index (χ1) is 11.7. The molecule has 25 heavy (non-hydrogen) atoms. The van der Waals surface area contributed by atoms with Crippen LogP contribution in [0.15, 0.2) is 36.4 Å². The van der Waals surface area contributed by atoms with Gasteiger partial charge in [-0.25, -0.2) is 0 Å². The van der Waals surface area contributed by atoms with Gasteiger partial charge in [-0.15, -0.1) is 0 Å². The Balaban J connectivity index is 2.28. The number of carbonyl (C=O) groups excluding carboxylic acids is 1. The molecule has 0 heterocycles. The number of carbonyl (C=O) groups is 1. The lowest BCUT2D eigenvalue weighted by molar-refractivity contribution is -0.136. The van der Waals surface area contributed by atoms with Crippen LogP contribution in [0.5, 0.6) is 5.75 Å². The Bertz CT molecular complexity index is 756. The van der Waals surface area contributed by atoms with Crippen LogP contribution in [0.25, 0.3) is 0 Å². The van der Waals surface area contributed by atoms with Crippen LogP contribution < -0.4 is 10.1 Å². The zero-order valence-electron chi connectivity index (χ0n) is 13.1. The van der Waals surface area contributed by atoms with Crippen LogP contribution in [0, 0.1) is 0 Å². The molecule has 2 rings (SSSR count). The van der Waals surface area contributed by atoms with Gasteiger partial charge in [0.15, 0.2) is 5.75 Å². The molecule has 8 heteroatoms. The number of hydrogen-bond donors (Lipinski definition) is 1. The number of para-hydroxylation sites is 1. The van der Waals surface area contributed by atoms with Gasteiger partial charge in [0.2, 0.25) is 0 Å². The highest BCUT2D eigenvalue weighted by molar-refractivity contribution is 6.37. The lowest BCUT2D eigenvalue weighted by atomic mass is 10.1. The van der Waals surface area contributed by atoms with Crippen LogP contribution in [0.3, 0.4) is 0 Å². The quantitative estimate of drug-likeness (QED) is 0.673. The zero-order valence-corrected chi connectivity index (χ0v) is 14.6. The number of hydrogen-bond acceptors (Lipinski definition) is 2. The third-order valence-electron chi connectivity index (χ3n) is 3.19. The maximum atomic E-state index is 13.0. The molecular formula is C17H14Cl2F3NO2. The van der Waals surface area contributed by atoms with Crippen LogP contribution in [-0.2, 0) is 6.18 Å². The number of rotatable bonds is 5. The van der Waals surface area contributed by atoms with Gasteiger partial charge < -0.3 is 10.1 Å². The largest absolute Gasteiger partial charge is 0.490 e. The van der Waals surface area contributed by atoms with Crippen molar-refractivity contribution in [3.8, 4) is 5.75 Å². The molecule has 2 aromatic carbocycles. The first-order valence-corrected chi connectivity index (χ1v) is 8.09. The molecule has 0 fully saturated rings. The number of nitrogens with one attached hydrogen (secondary N) is 1. The van der Waals surface area contributed by atoms with E-state index < -0.39 is 17.6 Å². The summed E-state index contributed by atoms with van der Waals surface area (Å²) < 4.78 is 44.4. The van der Waals surface area contributed by atoms with Crippen LogP contribution in [-0.4, -0.2) is 12.5 Å². The summed E-state index contributed by atoms with van der Waals surface area (Å²) in [7, 11) is 0. The van der Waals surface area contributed by atoms with E-state index >= 15 is 0 Å². The first kappa shape index (κ1) is 19.4. The molecule has 3 nitrogen and oxygen atoms in total. The van der Waals surface area contributed by atoms with Crippen molar-refractivity contribution in [3.05, 3.63) is 57.6 Å². The predicted octanol–water partition coefficient (Wildman–Crippen LogP) is 6.05. The Morgan fingerprint density at radius 3 is 2.32 bits per heavy atom. The highest BCUT2D eigenvalue weighted by atomic mass is 35.5. The fourth-order valence-corrected chi connectivity index (χ4v) is 2.66. The molecule has 0 saturated heterocycles. The number of amides is 1. The topological polar surface area (TPSA) is 38.3 Å². The van der Waals surface area contributed by atoms with Crippen molar-refractivity contribution < 1.29 is 22.7 Å². The van der Waals surface area contributed by atoms with Gasteiger partial charge >= 0.3 is 6.18 Å². The highest BCUT2D eigenvalue weighted by Gasteiger charge is 2.33. The summed E-state index contributed by atoms with van der Waals surface area (Å²) in [4.78, 5) is 12.3. The molecule has 0 spiro atoms. The summed E-state index contributed by atoms with van der Waals surface area (Å²) >= 11 is 12.1. The minimum absolute atomic E-state index is 0.0239. The number of anilines is 1. The van der Waals surface area contributed by atoms with E-state index in [0.29, 0.717) is 6.61 Å². The Hall–Kier alpha value is -1.92. The average Bonchev–Trinajstić information content (AvgIpc) is 2.53. The molecule has 0 saturated carbocycles. The molecule has 1 N–H and O–H groups in total. The highest BCUT2D eigenvalue weighted by Crippen LogP contribution is 2.36. The van der Waals surface area contributed by atoms with Crippen molar-refractivity contribution in [1.29, 1.82) is 0 Å². The van der Waals surface area contributed by atoms with Crippen LogP contribution >= 0.6 is 23.2 Å². The van der Waals surface area contributed by atoms with Gasteiger partial charge in [-0.05, 0) is 30.7 Å². The Kier molecular flexibility index (Phi) is 6.19. The van der Waals surface area contributed by atoms with Crippen molar-refractivity contribution in [2.45, 2.75) is 19.5 Å². The van der Waals surface area contributed by atoms with E-state index in [4.69, 9.17) is 27.9 Å². The Labute approximate surface area is 152 Å². The fraction of sp³-hybridized carbons (Fsp3) is 0.235. The molecule has 0 radical (unpaired) electrons. The monoisotopic (exact) mass is 391 g/mol. The second kappa shape index (κ2) is 7.97. The Morgan fingerprint density at radius 2 is 1.76 bits per heavy atom. The van der Waals surface area contributed by atoms with Gasteiger partial charge in [-0.2, -0.15) is 13.2 Å². The maximum Gasteiger partial charge on any atom is 0.418 e. The van der Waals surface area contributed by atoms with Crippen molar-refractivity contribution in [1.82, 2.24) is 0 Å². The summed E-state index contributed by atoms with van der Waals surface area (Å²) in [5.74, 6) is -0.528. The second-order valence-electron chi connectivity index (χ2n) is 5.11. The van der Waals surface area contributed by atoms with Crippen LogP contribution in [0.4, 0.5) is 18.9 Å². The van der Waals surface area contributed by atoms with Crippen molar-refractivity contribution in [2.24, 2.45) is 0 Å². The minimum atomic E-state index is -4.59. The summed E-state index contributed by atoms with van der Waals surface area (Å²) in [5.41, 5.74) is -1.27. The molecule has 0 unspecified atom stereocenters. The van der Waals surface area contributed by atoms with E-state index in [0.717, 1.165) is 12.5 Å². The van der Waals surface area contributed by atoms with Crippen molar-refractivity contribution >= 4 is 34.8 Å². The molecule has 0 bridgehead atoms. The third kappa shape index (κ3) is 4.80. The van der Waals surface area contributed by atoms with Gasteiger partial charge in [-0.3, -0.25) is 4.79 Å². The summed E-state index contributed by atoms with van der Waals surface area (Å²) in [6.45, 7) is 2.30. The molecule has 0 aliphatic heterocycles. The zero-order chi connectivity index (χ0) is 18.6. The first-order valence-electron chi connectivity index (χ1n) is 7.33. The lowest BCUT2D eigenvalue weighted by Gasteiger charge is -2.14. The lowest BCUT2D eigenvalue weighted by Crippen LogP contribution is -2.16. The normalized spacial score (nSPS) is 11.3. The van der Waals surface area contributed by atoms with E-state index in [1.54, 1.807) is 0 Å². The average molecular weight is 392 g/mol. The van der Waals surface area contributed by atoms with Crippen molar-refractivity contribution in [3.63, 3.8) is 0 Å². The van der Waals surface area contributed by atoms with E-state index in [9.17, 15) is 18.0 Å². The molecule has 0 aliphatic carbocycles. The van der Waals surface area contributed by atoms with Gasteiger partial charge in [0, 0.05) is 5.56 Å². The van der Waals surface area contributed by atoms with Gasteiger partial charge in [-0.1, -0.05) is 42.3 Å². The maximum absolute atomic E-state index is 13.0. The minimum Gasteiger partial charge on any atom is -0.490 e. The molecule has 134 valence electrons. The molecule has 1 amide bonds. The predicted molar refractivity (Wildman–Crippen MR) is 91.6 cm³/mol. The number of alkyl halides is 3. The van der Waals surface area contributed by atoms with Crippen molar-refractivity contribution in [2.75, 3.05) is 11.9 Å². The molecule has 0 atom stereocenters. The summed E-state index contributed by atoms with van der Waals surface area (Å²) in [6.07, 6.45) is -3.85. The fourth-order valence-electron chi connectivity index (χ4n) is 2.07. The SMILES string of the molecule is CCCOc1c(Cl)cc(C(=O)Nc2ccccc2C(F)(F)F)cc1Cl. The smallest absolute Gasteiger partial charge is 0.418 e. The van der Waals surface area contributed by atoms with E-state index in [1.807, 2.05) is 6.92 Å². The molecule has 0 aromatic heterocycles. The second-order valence-corrected chi connectivity index (χ2v) is 5.93. The Morgan fingerprint density at radius 1 is 1.16 bits per heavy atom. The standard InChI is InChI=1S/C17H14Cl2F3NO2/c1-2-7-25-15-12(18)8-10(9-13(15)19)16(24)23-14-6-4-3-5-11(14)17(20,21)22/h3-6,8-9H,2,7H2,1H3,(H,23,24). The van der Waals surface area contributed by atoms with Crippen LogP contribution in [0.2, 0.25) is 10.0 Å². The molecule has 2 aromatic rings. The molecular weight excluding hydrogens is 378 g/mol. The summed E-state index contributed by atoms with van der Waals surface area (Å²) in [6, 6.07) is 7.28. The van der Waals surface area contributed by atoms with E-state index in [1.165, 1.54) is 30.3 Å². The van der Waals surface area contributed by atoms with Gasteiger partial charge in [0.05, 0.1) is 27.9 Å².